The highest BCUT2D eigenvalue weighted by molar-refractivity contribution is 9.11. The van der Waals surface area contributed by atoms with Gasteiger partial charge in [0.05, 0.1) is 4.47 Å². The molecule has 0 aliphatic carbocycles. The van der Waals surface area contributed by atoms with Gasteiger partial charge in [-0.15, -0.1) is 0 Å². The SMILES string of the molecule is NC(=O)COc1c(Br)cc(Br)cc1C=C1C(=O)NC(=S)NC1=O. The normalized spacial score (nSPS) is 14.2. The smallest absolute Gasteiger partial charge is 0.263 e. The van der Waals surface area contributed by atoms with Crippen LogP contribution in [0.5, 0.6) is 5.75 Å². The summed E-state index contributed by atoms with van der Waals surface area (Å²) in [5.41, 5.74) is 5.33. The number of rotatable bonds is 4. The van der Waals surface area contributed by atoms with Crippen LogP contribution >= 0.6 is 44.1 Å². The summed E-state index contributed by atoms with van der Waals surface area (Å²) < 4.78 is 6.54. The molecule has 0 unspecified atom stereocenters. The van der Waals surface area contributed by atoms with Gasteiger partial charge in [0.1, 0.15) is 11.3 Å². The summed E-state index contributed by atoms with van der Waals surface area (Å²) in [7, 11) is 0. The minimum absolute atomic E-state index is 0.0576. The Labute approximate surface area is 152 Å². The van der Waals surface area contributed by atoms with Gasteiger partial charge in [-0.3, -0.25) is 25.0 Å². The van der Waals surface area contributed by atoms with Crippen LogP contribution in [0.15, 0.2) is 26.7 Å². The Hall–Kier alpha value is -1.78. The van der Waals surface area contributed by atoms with Crippen LogP contribution in [0.3, 0.4) is 0 Å². The number of amides is 3. The number of nitrogens with two attached hydrogens (primary N) is 1. The van der Waals surface area contributed by atoms with Gasteiger partial charge in [-0.2, -0.15) is 0 Å². The molecule has 0 bridgehead atoms. The molecule has 1 saturated heterocycles. The van der Waals surface area contributed by atoms with Crippen molar-refractivity contribution in [3.05, 3.63) is 32.2 Å². The number of nitrogens with one attached hydrogen (secondary N) is 2. The van der Waals surface area contributed by atoms with Crippen molar-refractivity contribution in [2.24, 2.45) is 5.73 Å². The molecule has 1 aromatic rings. The molecule has 1 aliphatic rings. The van der Waals surface area contributed by atoms with Crippen LogP contribution in [0.25, 0.3) is 6.08 Å². The zero-order valence-electron chi connectivity index (χ0n) is 11.3. The van der Waals surface area contributed by atoms with E-state index in [0.717, 1.165) is 0 Å². The second-order valence-electron chi connectivity index (χ2n) is 4.36. The van der Waals surface area contributed by atoms with E-state index in [2.05, 4.69) is 42.5 Å². The van der Waals surface area contributed by atoms with Gasteiger partial charge in [0.25, 0.3) is 17.7 Å². The maximum Gasteiger partial charge on any atom is 0.263 e. The van der Waals surface area contributed by atoms with Gasteiger partial charge in [0.2, 0.25) is 0 Å². The number of hydrogen-bond donors (Lipinski definition) is 3. The van der Waals surface area contributed by atoms with Gasteiger partial charge in [-0.05, 0) is 46.4 Å². The number of carbonyl (C=O) groups is 3. The number of halogens is 2. The molecule has 3 amide bonds. The van der Waals surface area contributed by atoms with Crippen LogP contribution in [0.2, 0.25) is 0 Å². The van der Waals surface area contributed by atoms with E-state index < -0.39 is 17.7 Å². The standard InChI is InChI=1S/C13H9Br2N3O4S/c14-6-1-5(10(8(15)3-6)22-4-9(16)19)2-7-11(20)17-13(23)18-12(7)21/h1-3H,4H2,(H2,16,19)(H2,17,18,20,21,23). The molecule has 0 aromatic heterocycles. The van der Waals surface area contributed by atoms with Crippen molar-refractivity contribution in [3.63, 3.8) is 0 Å². The van der Waals surface area contributed by atoms with Gasteiger partial charge in [-0.25, -0.2) is 0 Å². The molecule has 1 aliphatic heterocycles. The summed E-state index contributed by atoms with van der Waals surface area (Å²) >= 11 is 11.3. The Bertz CT molecular complexity index is 742. The Kier molecular flexibility index (Phi) is 5.50. The number of primary amides is 1. The lowest BCUT2D eigenvalue weighted by atomic mass is 10.1. The van der Waals surface area contributed by atoms with E-state index in [1.807, 2.05) is 0 Å². The van der Waals surface area contributed by atoms with Gasteiger partial charge >= 0.3 is 0 Å². The van der Waals surface area contributed by atoms with E-state index in [1.54, 1.807) is 12.1 Å². The van der Waals surface area contributed by atoms with E-state index in [1.165, 1.54) is 6.08 Å². The monoisotopic (exact) mass is 461 g/mol. The van der Waals surface area contributed by atoms with Crippen LogP contribution in [0.4, 0.5) is 0 Å². The first-order valence-corrected chi connectivity index (χ1v) is 8.06. The van der Waals surface area contributed by atoms with Gasteiger partial charge in [0, 0.05) is 10.0 Å². The summed E-state index contributed by atoms with van der Waals surface area (Å²) in [5.74, 6) is -1.64. The minimum atomic E-state index is -0.656. The topological polar surface area (TPSA) is 111 Å². The average Bonchev–Trinajstić information content (AvgIpc) is 2.41. The molecular weight excluding hydrogens is 454 g/mol. The number of benzene rings is 1. The van der Waals surface area contributed by atoms with E-state index in [9.17, 15) is 14.4 Å². The number of thiocarbonyl (C=S) groups is 1. The lowest BCUT2D eigenvalue weighted by Crippen LogP contribution is -2.51. The molecule has 7 nitrogen and oxygen atoms in total. The van der Waals surface area contributed by atoms with Crippen molar-refractivity contribution in [1.82, 2.24) is 10.6 Å². The van der Waals surface area contributed by atoms with Gasteiger partial charge in [0.15, 0.2) is 11.7 Å². The number of hydrogen-bond acceptors (Lipinski definition) is 5. The fraction of sp³-hybridized carbons (Fsp3) is 0.0769. The van der Waals surface area contributed by atoms with Crippen LogP contribution in [0, 0.1) is 0 Å². The first kappa shape index (κ1) is 17.6. The maximum atomic E-state index is 11.9. The van der Waals surface area contributed by atoms with Gasteiger partial charge < -0.3 is 10.5 Å². The molecule has 1 aromatic carbocycles. The minimum Gasteiger partial charge on any atom is -0.482 e. The molecule has 4 N–H and O–H groups in total. The predicted molar refractivity (Wildman–Crippen MR) is 93.4 cm³/mol. The molecule has 0 atom stereocenters. The highest BCUT2D eigenvalue weighted by Crippen LogP contribution is 2.34. The number of ether oxygens (including phenoxy) is 1. The summed E-state index contributed by atoms with van der Waals surface area (Å²) in [4.78, 5) is 34.7. The van der Waals surface area contributed by atoms with E-state index in [0.29, 0.717) is 14.5 Å². The molecule has 0 radical (unpaired) electrons. The van der Waals surface area contributed by atoms with E-state index in [4.69, 9.17) is 22.7 Å². The second-order valence-corrected chi connectivity index (χ2v) is 6.53. The zero-order valence-corrected chi connectivity index (χ0v) is 15.3. The third-order valence-electron chi connectivity index (χ3n) is 2.64. The predicted octanol–water partition coefficient (Wildman–Crippen LogP) is 0.990. The van der Waals surface area contributed by atoms with Crippen LogP contribution in [0.1, 0.15) is 5.56 Å². The fourth-order valence-corrected chi connectivity index (χ4v) is 3.30. The Morgan fingerprint density at radius 2 is 1.87 bits per heavy atom. The summed E-state index contributed by atoms with van der Waals surface area (Å²) in [5, 5.41) is 4.61. The molecule has 1 heterocycles. The Balaban J connectivity index is 2.47. The first-order valence-electron chi connectivity index (χ1n) is 6.06. The Morgan fingerprint density at radius 3 is 2.43 bits per heavy atom. The van der Waals surface area contributed by atoms with E-state index >= 15 is 0 Å². The van der Waals surface area contributed by atoms with Crippen molar-refractivity contribution in [1.29, 1.82) is 0 Å². The quantitative estimate of drug-likeness (QED) is 0.351. The van der Waals surface area contributed by atoms with Crippen molar-refractivity contribution in [3.8, 4) is 5.75 Å². The summed E-state index contributed by atoms with van der Waals surface area (Å²) in [6.07, 6.45) is 1.33. The third kappa shape index (κ3) is 4.36. The van der Waals surface area contributed by atoms with Crippen molar-refractivity contribution < 1.29 is 19.1 Å². The Morgan fingerprint density at radius 1 is 1.26 bits per heavy atom. The first-order chi connectivity index (χ1) is 10.8. The molecule has 0 saturated carbocycles. The number of carbonyl (C=O) groups excluding carboxylic acids is 3. The molecule has 2 rings (SSSR count). The summed E-state index contributed by atoms with van der Waals surface area (Å²) in [6, 6.07) is 3.32. The largest absolute Gasteiger partial charge is 0.482 e. The highest BCUT2D eigenvalue weighted by Gasteiger charge is 2.26. The third-order valence-corrected chi connectivity index (χ3v) is 3.89. The molecular formula is C13H9Br2N3O4S. The molecule has 1 fully saturated rings. The maximum absolute atomic E-state index is 11.9. The molecule has 10 heteroatoms. The van der Waals surface area contributed by atoms with Crippen molar-refractivity contribution >= 4 is 73.0 Å². The molecule has 120 valence electrons. The van der Waals surface area contributed by atoms with Crippen LogP contribution in [-0.4, -0.2) is 29.4 Å². The second kappa shape index (κ2) is 7.20. The molecule has 0 spiro atoms. The van der Waals surface area contributed by atoms with Crippen molar-refractivity contribution in [2.75, 3.05) is 6.61 Å². The lowest BCUT2D eigenvalue weighted by Gasteiger charge is -2.17. The van der Waals surface area contributed by atoms with Crippen LogP contribution < -0.4 is 21.1 Å². The lowest BCUT2D eigenvalue weighted by molar-refractivity contribution is -0.123. The summed E-state index contributed by atoms with van der Waals surface area (Å²) in [6.45, 7) is -0.348. The molecule has 23 heavy (non-hydrogen) atoms. The zero-order chi connectivity index (χ0) is 17.1. The van der Waals surface area contributed by atoms with Crippen LogP contribution in [-0.2, 0) is 14.4 Å². The van der Waals surface area contributed by atoms with Crippen molar-refractivity contribution in [2.45, 2.75) is 0 Å². The van der Waals surface area contributed by atoms with Gasteiger partial charge in [-0.1, -0.05) is 15.9 Å². The average molecular weight is 463 g/mol. The highest BCUT2D eigenvalue weighted by atomic mass is 79.9. The fourth-order valence-electron chi connectivity index (χ4n) is 1.74. The van der Waals surface area contributed by atoms with E-state index in [-0.39, 0.29) is 23.0 Å².